The molecular weight excluding hydrogens is 380 g/mol. The van der Waals surface area contributed by atoms with Crippen molar-refractivity contribution in [3.63, 3.8) is 0 Å². The maximum Gasteiger partial charge on any atom is 0.206 e. The number of aromatic nitrogens is 5. The SMILES string of the molecule is CCc1cc(Sc2nnc(NCC3CCCO3)s2)nc(-c2ccccn2)n1. The first kappa shape index (κ1) is 18.3. The van der Waals surface area contributed by atoms with Crippen molar-refractivity contribution in [3.05, 3.63) is 36.2 Å². The second kappa shape index (κ2) is 8.73. The Kier molecular flexibility index (Phi) is 5.90. The summed E-state index contributed by atoms with van der Waals surface area (Å²) in [5, 5.41) is 13.5. The van der Waals surface area contributed by atoms with Crippen LogP contribution in [0.15, 0.2) is 39.8 Å². The monoisotopic (exact) mass is 400 g/mol. The van der Waals surface area contributed by atoms with Crippen molar-refractivity contribution in [2.24, 2.45) is 0 Å². The van der Waals surface area contributed by atoms with E-state index in [2.05, 4.69) is 37.4 Å². The molecule has 0 aromatic carbocycles. The summed E-state index contributed by atoms with van der Waals surface area (Å²) in [5.74, 6) is 0.638. The van der Waals surface area contributed by atoms with Crippen molar-refractivity contribution >= 4 is 28.2 Å². The number of hydrogen-bond acceptors (Lipinski definition) is 9. The molecule has 7 nitrogen and oxygen atoms in total. The molecule has 1 aliphatic heterocycles. The molecule has 0 bridgehead atoms. The summed E-state index contributed by atoms with van der Waals surface area (Å²) in [6.07, 6.45) is 5.10. The van der Waals surface area contributed by atoms with Gasteiger partial charge in [-0.25, -0.2) is 9.97 Å². The average Bonchev–Trinajstić information content (AvgIpc) is 3.38. The molecule has 140 valence electrons. The van der Waals surface area contributed by atoms with Crippen LogP contribution in [0.25, 0.3) is 11.5 Å². The van der Waals surface area contributed by atoms with Crippen molar-refractivity contribution in [1.82, 2.24) is 25.1 Å². The largest absolute Gasteiger partial charge is 0.376 e. The fraction of sp³-hybridized carbons (Fsp3) is 0.389. The van der Waals surface area contributed by atoms with Gasteiger partial charge in [-0.3, -0.25) is 4.98 Å². The highest BCUT2D eigenvalue weighted by molar-refractivity contribution is 8.01. The first-order valence-corrected chi connectivity index (χ1v) is 10.6. The number of pyridine rings is 1. The molecule has 1 fully saturated rings. The summed E-state index contributed by atoms with van der Waals surface area (Å²) < 4.78 is 6.47. The molecule has 1 atom stereocenters. The number of rotatable bonds is 7. The summed E-state index contributed by atoms with van der Waals surface area (Å²) in [5.41, 5.74) is 1.75. The highest BCUT2D eigenvalue weighted by atomic mass is 32.2. The molecule has 1 unspecified atom stereocenters. The fourth-order valence-corrected chi connectivity index (χ4v) is 4.47. The molecule has 4 heterocycles. The first-order chi connectivity index (χ1) is 13.3. The molecule has 1 saturated heterocycles. The Morgan fingerprint density at radius 3 is 3.04 bits per heavy atom. The molecule has 9 heteroatoms. The van der Waals surface area contributed by atoms with Gasteiger partial charge in [0.2, 0.25) is 5.13 Å². The van der Waals surface area contributed by atoms with E-state index in [4.69, 9.17) is 4.74 Å². The minimum atomic E-state index is 0.278. The van der Waals surface area contributed by atoms with E-state index in [0.717, 1.165) is 58.3 Å². The topological polar surface area (TPSA) is 85.7 Å². The van der Waals surface area contributed by atoms with E-state index in [9.17, 15) is 0 Å². The molecule has 27 heavy (non-hydrogen) atoms. The molecule has 1 N–H and O–H groups in total. The van der Waals surface area contributed by atoms with Crippen LogP contribution in [0.1, 0.15) is 25.5 Å². The number of nitrogens with zero attached hydrogens (tertiary/aromatic N) is 5. The minimum absolute atomic E-state index is 0.278. The number of anilines is 1. The van der Waals surface area contributed by atoms with E-state index >= 15 is 0 Å². The van der Waals surface area contributed by atoms with Crippen LogP contribution >= 0.6 is 23.1 Å². The fourth-order valence-electron chi connectivity index (χ4n) is 2.73. The van der Waals surface area contributed by atoms with Crippen LogP contribution in [0, 0.1) is 0 Å². The molecular formula is C18H20N6OS2. The van der Waals surface area contributed by atoms with E-state index < -0.39 is 0 Å². The van der Waals surface area contributed by atoms with Gasteiger partial charge >= 0.3 is 0 Å². The molecule has 4 rings (SSSR count). The molecule has 3 aromatic rings. The zero-order valence-electron chi connectivity index (χ0n) is 15.0. The van der Waals surface area contributed by atoms with Gasteiger partial charge in [0.15, 0.2) is 10.2 Å². The van der Waals surface area contributed by atoms with Crippen LogP contribution in [0.3, 0.4) is 0 Å². The zero-order chi connectivity index (χ0) is 18.5. The summed E-state index contributed by atoms with van der Waals surface area (Å²) in [4.78, 5) is 13.6. The third kappa shape index (κ3) is 4.79. The van der Waals surface area contributed by atoms with E-state index in [0.29, 0.717) is 5.82 Å². The van der Waals surface area contributed by atoms with Gasteiger partial charge in [0, 0.05) is 25.0 Å². The van der Waals surface area contributed by atoms with E-state index in [1.54, 1.807) is 6.20 Å². The minimum Gasteiger partial charge on any atom is -0.376 e. The maximum absolute atomic E-state index is 5.62. The summed E-state index contributed by atoms with van der Waals surface area (Å²) >= 11 is 3.02. The van der Waals surface area contributed by atoms with Gasteiger partial charge in [-0.1, -0.05) is 24.3 Å². The highest BCUT2D eigenvalue weighted by Gasteiger charge is 2.16. The maximum atomic E-state index is 5.62. The van der Waals surface area contributed by atoms with Crippen LogP contribution in [-0.4, -0.2) is 44.4 Å². The number of hydrogen-bond donors (Lipinski definition) is 1. The third-order valence-electron chi connectivity index (χ3n) is 4.12. The van der Waals surface area contributed by atoms with Gasteiger partial charge in [0.25, 0.3) is 0 Å². The summed E-state index contributed by atoms with van der Waals surface area (Å²) in [6.45, 7) is 3.71. The molecule has 0 saturated carbocycles. The third-order valence-corrected chi connectivity index (χ3v) is 5.97. The average molecular weight is 401 g/mol. The summed E-state index contributed by atoms with van der Waals surface area (Å²) in [7, 11) is 0. The Balaban J connectivity index is 1.47. The molecule has 0 radical (unpaired) electrons. The molecule has 0 spiro atoms. The standard InChI is InChI=1S/C18H20N6OS2/c1-2-12-10-15(22-16(21-12)14-7-3-4-8-19-14)26-18-24-23-17(27-18)20-11-13-6-5-9-25-13/h3-4,7-8,10,13H,2,5-6,9,11H2,1H3,(H,20,23). The number of ether oxygens (including phenoxy) is 1. The predicted octanol–water partition coefficient (Wildman–Crippen LogP) is 3.69. The lowest BCUT2D eigenvalue weighted by Crippen LogP contribution is -2.18. The zero-order valence-corrected chi connectivity index (χ0v) is 16.6. The van der Waals surface area contributed by atoms with Crippen LogP contribution in [0.5, 0.6) is 0 Å². The van der Waals surface area contributed by atoms with Crippen LogP contribution in [-0.2, 0) is 11.2 Å². The van der Waals surface area contributed by atoms with Gasteiger partial charge in [0.05, 0.1) is 6.10 Å². The molecule has 0 aliphatic carbocycles. The van der Waals surface area contributed by atoms with E-state index in [-0.39, 0.29) is 6.10 Å². The second-order valence-corrected chi connectivity index (χ2v) is 8.33. The van der Waals surface area contributed by atoms with Gasteiger partial charge < -0.3 is 10.1 Å². The highest BCUT2D eigenvalue weighted by Crippen LogP contribution is 2.32. The van der Waals surface area contributed by atoms with E-state index in [1.807, 2.05) is 24.3 Å². The predicted molar refractivity (Wildman–Crippen MR) is 106 cm³/mol. The lowest BCUT2D eigenvalue weighted by atomic mass is 10.2. The summed E-state index contributed by atoms with van der Waals surface area (Å²) in [6, 6.07) is 7.74. The Hall–Kier alpha value is -2.10. The van der Waals surface area contributed by atoms with Crippen LogP contribution < -0.4 is 5.32 Å². The van der Waals surface area contributed by atoms with Crippen LogP contribution in [0.4, 0.5) is 5.13 Å². The van der Waals surface area contributed by atoms with Crippen molar-refractivity contribution < 1.29 is 4.74 Å². The van der Waals surface area contributed by atoms with Crippen molar-refractivity contribution in [3.8, 4) is 11.5 Å². The normalized spacial score (nSPS) is 16.6. The Labute approximate surface area is 166 Å². The Morgan fingerprint density at radius 2 is 2.26 bits per heavy atom. The van der Waals surface area contributed by atoms with Gasteiger partial charge in [-0.05, 0) is 49.2 Å². The lowest BCUT2D eigenvalue weighted by Gasteiger charge is -2.08. The lowest BCUT2D eigenvalue weighted by molar-refractivity contribution is 0.120. The molecule has 1 aliphatic rings. The molecule has 0 amide bonds. The second-order valence-electron chi connectivity index (χ2n) is 6.08. The van der Waals surface area contributed by atoms with Gasteiger partial charge in [0.1, 0.15) is 10.7 Å². The Morgan fingerprint density at radius 1 is 1.30 bits per heavy atom. The first-order valence-electron chi connectivity index (χ1n) is 8.96. The number of aryl methyl sites for hydroxylation is 1. The molecule has 3 aromatic heterocycles. The van der Waals surface area contributed by atoms with Crippen LogP contribution in [0.2, 0.25) is 0 Å². The Bertz CT molecular complexity index is 883. The van der Waals surface area contributed by atoms with E-state index in [1.165, 1.54) is 23.1 Å². The van der Waals surface area contributed by atoms with Gasteiger partial charge in [-0.2, -0.15) is 0 Å². The van der Waals surface area contributed by atoms with Gasteiger partial charge in [-0.15, -0.1) is 10.2 Å². The van der Waals surface area contributed by atoms with Crippen molar-refractivity contribution in [1.29, 1.82) is 0 Å². The number of nitrogens with one attached hydrogen (secondary N) is 1. The smallest absolute Gasteiger partial charge is 0.206 e. The quantitative estimate of drug-likeness (QED) is 0.601. The van der Waals surface area contributed by atoms with Crippen molar-refractivity contribution in [2.75, 3.05) is 18.5 Å². The van der Waals surface area contributed by atoms with Crippen molar-refractivity contribution in [2.45, 2.75) is 41.7 Å².